The molecule has 0 aliphatic carbocycles. The van der Waals surface area contributed by atoms with Gasteiger partial charge in [-0.05, 0) is 37.1 Å². The van der Waals surface area contributed by atoms with Crippen LogP contribution >= 0.6 is 15.9 Å². The number of benzene rings is 1. The summed E-state index contributed by atoms with van der Waals surface area (Å²) in [6, 6.07) is 3.60. The second-order valence-electron chi connectivity index (χ2n) is 5.81. The fourth-order valence-electron chi connectivity index (χ4n) is 3.03. The van der Waals surface area contributed by atoms with Gasteiger partial charge in [0.05, 0.1) is 17.0 Å². The van der Waals surface area contributed by atoms with E-state index in [2.05, 4.69) is 30.8 Å². The number of aromatic nitrogens is 2. The molecule has 7 nitrogen and oxygen atoms in total. The van der Waals surface area contributed by atoms with Crippen LogP contribution in [0.1, 0.15) is 18.4 Å². The lowest BCUT2D eigenvalue weighted by atomic mass is 9.98. The van der Waals surface area contributed by atoms with Crippen LogP contribution in [0.5, 0.6) is 0 Å². The predicted molar refractivity (Wildman–Crippen MR) is 88.5 cm³/mol. The molecule has 1 aromatic carbocycles. The van der Waals surface area contributed by atoms with Gasteiger partial charge in [0.1, 0.15) is 0 Å². The van der Waals surface area contributed by atoms with Crippen LogP contribution in [0.3, 0.4) is 0 Å². The molecule has 0 bridgehead atoms. The molecule has 1 aromatic heterocycles. The molecule has 1 aliphatic rings. The molecule has 1 aliphatic heterocycles. The van der Waals surface area contributed by atoms with E-state index in [0.717, 1.165) is 23.0 Å². The van der Waals surface area contributed by atoms with E-state index in [-0.39, 0.29) is 5.92 Å². The summed E-state index contributed by atoms with van der Waals surface area (Å²) >= 11 is 3.40. The zero-order valence-corrected chi connectivity index (χ0v) is 13.9. The fraction of sp³-hybridized carbons (Fsp3) is 0.400. The third-order valence-electron chi connectivity index (χ3n) is 4.13. The Kier molecular flexibility index (Phi) is 4.36. The van der Waals surface area contributed by atoms with Gasteiger partial charge in [0.25, 0.3) is 0 Å². The third-order valence-corrected chi connectivity index (χ3v) is 4.58. The summed E-state index contributed by atoms with van der Waals surface area (Å²) in [5.41, 5.74) is 0.586. The molecule has 2 heterocycles. The number of rotatable bonds is 3. The van der Waals surface area contributed by atoms with E-state index in [4.69, 9.17) is 0 Å². The van der Waals surface area contributed by atoms with Crippen LogP contribution in [0, 0.1) is 5.92 Å². The number of carboxylic acids is 1. The van der Waals surface area contributed by atoms with E-state index in [1.807, 2.05) is 6.07 Å². The first kappa shape index (κ1) is 15.9. The molecule has 122 valence electrons. The van der Waals surface area contributed by atoms with E-state index < -0.39 is 17.1 Å². The topological polar surface area (TPSA) is 106 Å². The highest BCUT2D eigenvalue weighted by atomic mass is 79.9. The van der Waals surface area contributed by atoms with Crippen LogP contribution in [0.2, 0.25) is 0 Å². The Bertz CT molecular complexity index is 873. The predicted octanol–water partition coefficient (Wildman–Crippen LogP) is 1.28. The lowest BCUT2D eigenvalue weighted by molar-refractivity contribution is -0.143. The van der Waals surface area contributed by atoms with E-state index in [0.29, 0.717) is 30.5 Å². The number of nitrogens with zero attached hydrogens (tertiary/aromatic N) is 1. The second-order valence-corrected chi connectivity index (χ2v) is 6.72. The Labute approximate surface area is 139 Å². The first-order chi connectivity index (χ1) is 10.9. The number of fused-ring (bicyclic) bond motifs is 1. The zero-order chi connectivity index (χ0) is 16.6. The minimum absolute atomic E-state index is 0.360. The van der Waals surface area contributed by atoms with E-state index in [9.17, 15) is 19.5 Å². The Balaban J connectivity index is 1.96. The van der Waals surface area contributed by atoms with Gasteiger partial charge in [-0.3, -0.25) is 19.3 Å². The smallest absolute Gasteiger partial charge is 0.314 e. The minimum Gasteiger partial charge on any atom is -0.481 e. The van der Waals surface area contributed by atoms with Crippen molar-refractivity contribution < 1.29 is 9.90 Å². The lowest BCUT2D eigenvalue weighted by Gasteiger charge is -2.30. The minimum atomic E-state index is -0.772. The largest absolute Gasteiger partial charge is 0.481 e. The van der Waals surface area contributed by atoms with E-state index in [1.54, 1.807) is 6.07 Å². The molecule has 0 radical (unpaired) electrons. The molecule has 2 aromatic rings. The highest BCUT2D eigenvalue weighted by molar-refractivity contribution is 9.10. The van der Waals surface area contributed by atoms with Crippen molar-refractivity contribution in [3.05, 3.63) is 42.9 Å². The molecule has 1 atom stereocenters. The molecule has 1 saturated heterocycles. The SMILES string of the molecule is O=C(O)C1CCCN(Cc2cc(Br)cc3[nH]c(=O)c(=O)[nH]c23)C1. The second kappa shape index (κ2) is 6.29. The number of carbonyl (C=O) groups is 1. The van der Waals surface area contributed by atoms with Crippen molar-refractivity contribution >= 4 is 32.9 Å². The van der Waals surface area contributed by atoms with Gasteiger partial charge in [0, 0.05) is 17.6 Å². The van der Waals surface area contributed by atoms with Gasteiger partial charge >= 0.3 is 17.1 Å². The normalized spacial score (nSPS) is 19.1. The lowest BCUT2D eigenvalue weighted by Crippen LogP contribution is -2.38. The van der Waals surface area contributed by atoms with Crippen molar-refractivity contribution in [2.75, 3.05) is 13.1 Å². The van der Waals surface area contributed by atoms with E-state index in [1.165, 1.54) is 0 Å². The zero-order valence-electron chi connectivity index (χ0n) is 12.3. The summed E-state index contributed by atoms with van der Waals surface area (Å²) in [4.78, 5) is 41.5. The molecular weight excluding hydrogens is 366 g/mol. The average molecular weight is 382 g/mol. The number of hydrogen-bond acceptors (Lipinski definition) is 4. The maximum atomic E-state index is 11.6. The molecule has 1 unspecified atom stereocenters. The summed E-state index contributed by atoms with van der Waals surface area (Å²) in [6.07, 6.45) is 1.52. The number of aromatic amines is 2. The monoisotopic (exact) mass is 381 g/mol. The standard InChI is InChI=1S/C15H16BrN3O4/c16-10-4-9(7-19-3-1-2-8(6-19)15(22)23)12-11(5-10)17-13(20)14(21)18-12/h4-5,8H,1-3,6-7H2,(H,17,20)(H,18,21)(H,22,23). The number of nitrogens with one attached hydrogen (secondary N) is 2. The summed E-state index contributed by atoms with van der Waals surface area (Å²) in [7, 11) is 0. The first-order valence-electron chi connectivity index (χ1n) is 7.34. The summed E-state index contributed by atoms with van der Waals surface area (Å²) in [5, 5.41) is 9.18. The number of H-pyrrole nitrogens is 2. The molecule has 8 heteroatoms. The fourth-order valence-corrected chi connectivity index (χ4v) is 3.53. The third kappa shape index (κ3) is 3.37. The molecular formula is C15H16BrN3O4. The quantitative estimate of drug-likeness (QED) is 0.694. The van der Waals surface area contributed by atoms with Crippen LogP contribution in [0.4, 0.5) is 0 Å². The number of aliphatic carboxylic acids is 1. The molecule has 1 fully saturated rings. The Morgan fingerprint density at radius 3 is 2.78 bits per heavy atom. The molecule has 3 rings (SSSR count). The van der Waals surface area contributed by atoms with Crippen molar-refractivity contribution in [1.82, 2.24) is 14.9 Å². The first-order valence-corrected chi connectivity index (χ1v) is 8.13. The summed E-state index contributed by atoms with van der Waals surface area (Å²) < 4.78 is 0.787. The summed E-state index contributed by atoms with van der Waals surface area (Å²) in [5.74, 6) is -1.13. The number of halogens is 1. The van der Waals surface area contributed by atoms with Crippen molar-refractivity contribution in [3.63, 3.8) is 0 Å². The van der Waals surface area contributed by atoms with Crippen LogP contribution in [0.15, 0.2) is 26.2 Å². The van der Waals surface area contributed by atoms with Gasteiger partial charge in [-0.15, -0.1) is 0 Å². The van der Waals surface area contributed by atoms with Gasteiger partial charge in [-0.1, -0.05) is 15.9 Å². The Morgan fingerprint density at radius 1 is 1.30 bits per heavy atom. The van der Waals surface area contributed by atoms with Crippen LogP contribution in [-0.4, -0.2) is 39.0 Å². The van der Waals surface area contributed by atoms with Gasteiger partial charge < -0.3 is 15.1 Å². The van der Waals surface area contributed by atoms with Crippen molar-refractivity contribution in [2.45, 2.75) is 19.4 Å². The van der Waals surface area contributed by atoms with Crippen LogP contribution in [0.25, 0.3) is 11.0 Å². The van der Waals surface area contributed by atoms with Crippen molar-refractivity contribution in [2.24, 2.45) is 5.92 Å². The maximum Gasteiger partial charge on any atom is 0.314 e. The van der Waals surface area contributed by atoms with Gasteiger partial charge in [0.15, 0.2) is 0 Å². The number of likely N-dealkylation sites (tertiary alicyclic amines) is 1. The van der Waals surface area contributed by atoms with Gasteiger partial charge in [-0.2, -0.15) is 0 Å². The van der Waals surface area contributed by atoms with Gasteiger partial charge in [0.2, 0.25) is 0 Å². The molecule has 0 spiro atoms. The number of carboxylic acid groups (broad SMARTS) is 1. The van der Waals surface area contributed by atoms with Crippen molar-refractivity contribution in [1.29, 1.82) is 0 Å². The number of piperidine rings is 1. The Morgan fingerprint density at radius 2 is 2.04 bits per heavy atom. The Hall–Kier alpha value is -1.93. The van der Waals surface area contributed by atoms with Crippen LogP contribution < -0.4 is 11.1 Å². The van der Waals surface area contributed by atoms with E-state index >= 15 is 0 Å². The molecule has 3 N–H and O–H groups in total. The maximum absolute atomic E-state index is 11.6. The molecule has 23 heavy (non-hydrogen) atoms. The van der Waals surface area contributed by atoms with Crippen LogP contribution in [-0.2, 0) is 11.3 Å². The highest BCUT2D eigenvalue weighted by Crippen LogP contribution is 2.24. The summed E-state index contributed by atoms with van der Waals surface area (Å²) in [6.45, 7) is 1.81. The molecule has 0 amide bonds. The highest BCUT2D eigenvalue weighted by Gasteiger charge is 2.25. The average Bonchev–Trinajstić information content (AvgIpc) is 2.49. The van der Waals surface area contributed by atoms with Gasteiger partial charge in [-0.25, -0.2) is 0 Å². The number of hydrogen-bond donors (Lipinski definition) is 3. The van der Waals surface area contributed by atoms with Crippen molar-refractivity contribution in [3.8, 4) is 0 Å². The molecule has 0 saturated carbocycles.